The van der Waals surface area contributed by atoms with E-state index in [0.29, 0.717) is 30.7 Å². The summed E-state index contributed by atoms with van der Waals surface area (Å²) in [5, 5.41) is 13.2. The van der Waals surface area contributed by atoms with E-state index in [-0.39, 0.29) is 0 Å². The Balaban J connectivity index is 0.872. The molecule has 4 heteroatoms. The summed E-state index contributed by atoms with van der Waals surface area (Å²) < 4.78 is 7.29. The van der Waals surface area contributed by atoms with Crippen LogP contribution in [0, 0.1) is 76.9 Å². The highest BCUT2D eigenvalue weighted by atomic mass is 16.5. The maximum Gasteiger partial charge on any atom is 0.0641 e. The van der Waals surface area contributed by atoms with Gasteiger partial charge < -0.3 is 4.74 Å². The highest BCUT2D eigenvalue weighted by molar-refractivity contribution is 5.06. The predicted octanol–water partition coefficient (Wildman–Crippen LogP) is 10.2. The standard InChI is InChI=1S/C45H75N3O/c1-2-12-30(13-3-1)38-27-40-39-26-35(22-23-41(39)49-42(40)37-17-9-8-16-36(37)38)45-47-43(33-20-18-28-10-4-6-14-31(28)24-33)46-44(48-45)34-21-19-29-11-5-7-15-32(29)25-34/h28-48H,1-27H2. The minimum absolute atomic E-state index is 0.490. The molecule has 8 saturated carbocycles. The van der Waals surface area contributed by atoms with Crippen molar-refractivity contribution in [1.82, 2.24) is 16.0 Å². The molecule has 8 aliphatic carbocycles. The molecule has 0 aromatic rings. The van der Waals surface area contributed by atoms with Crippen molar-refractivity contribution in [3.63, 3.8) is 0 Å². The van der Waals surface area contributed by atoms with Gasteiger partial charge in [0.05, 0.1) is 30.7 Å². The van der Waals surface area contributed by atoms with Crippen molar-refractivity contribution in [2.24, 2.45) is 76.9 Å². The van der Waals surface area contributed by atoms with Gasteiger partial charge in [0.15, 0.2) is 0 Å². The van der Waals surface area contributed by atoms with Crippen LogP contribution in [0.25, 0.3) is 0 Å². The average Bonchev–Trinajstić information content (AvgIpc) is 3.55. The fraction of sp³-hybridized carbons (Fsp3) is 1.00. The lowest BCUT2D eigenvalue weighted by molar-refractivity contribution is -0.0861. The van der Waals surface area contributed by atoms with Crippen LogP contribution in [-0.4, -0.2) is 30.7 Å². The molecule has 10 aliphatic rings. The molecule has 49 heavy (non-hydrogen) atoms. The second-order valence-electron chi connectivity index (χ2n) is 20.6. The van der Waals surface area contributed by atoms with Crippen LogP contribution in [0.3, 0.4) is 0 Å². The van der Waals surface area contributed by atoms with Gasteiger partial charge in [0.25, 0.3) is 0 Å². The Morgan fingerprint density at radius 2 is 0.755 bits per heavy atom. The highest BCUT2D eigenvalue weighted by Gasteiger charge is 2.57. The molecule has 2 heterocycles. The largest absolute Gasteiger partial charge is 0.374 e. The molecule has 2 saturated heterocycles. The Labute approximate surface area is 301 Å². The molecule has 0 bridgehead atoms. The third-order valence-corrected chi connectivity index (χ3v) is 18.5. The molecule has 0 aromatic heterocycles. The van der Waals surface area contributed by atoms with E-state index in [1.807, 2.05) is 0 Å². The Morgan fingerprint density at radius 3 is 1.39 bits per heavy atom. The fourth-order valence-electron chi connectivity index (χ4n) is 16.1. The molecule has 0 spiro atoms. The van der Waals surface area contributed by atoms with Crippen molar-refractivity contribution in [3.05, 3.63) is 0 Å². The van der Waals surface area contributed by atoms with Crippen molar-refractivity contribution in [3.8, 4) is 0 Å². The van der Waals surface area contributed by atoms with Crippen LogP contribution in [0.5, 0.6) is 0 Å². The predicted molar refractivity (Wildman–Crippen MR) is 199 cm³/mol. The van der Waals surface area contributed by atoms with Crippen LogP contribution < -0.4 is 16.0 Å². The minimum atomic E-state index is 0.490. The van der Waals surface area contributed by atoms with Gasteiger partial charge in [-0.1, -0.05) is 96.3 Å². The summed E-state index contributed by atoms with van der Waals surface area (Å²) in [7, 11) is 0. The van der Waals surface area contributed by atoms with Crippen LogP contribution in [0.15, 0.2) is 0 Å². The third kappa shape index (κ3) is 6.55. The molecule has 2 aliphatic heterocycles. The van der Waals surface area contributed by atoms with Crippen molar-refractivity contribution >= 4 is 0 Å². The van der Waals surface area contributed by atoms with Gasteiger partial charge in [-0.25, -0.2) is 0 Å². The number of nitrogens with one attached hydrogen (secondary N) is 3. The number of ether oxygens (including phenoxy) is 1. The molecule has 0 radical (unpaired) electrons. The normalized spacial score (nSPS) is 53.8. The Bertz CT molecular complexity index is 1060. The van der Waals surface area contributed by atoms with Gasteiger partial charge in [-0.2, -0.15) is 0 Å². The minimum Gasteiger partial charge on any atom is -0.374 e. The number of hydrogen-bond donors (Lipinski definition) is 3. The SMILES string of the molecule is C1CCC(C2CC3C4CC(C5NC(C6CCC7CCCCC7C6)NC(C6CCC7CCCCC7C6)N5)CCC4OC3C3CCCCC23)CC1. The molecule has 16 unspecified atom stereocenters. The Morgan fingerprint density at radius 1 is 0.286 bits per heavy atom. The van der Waals surface area contributed by atoms with Gasteiger partial charge in [-0.3, -0.25) is 16.0 Å². The van der Waals surface area contributed by atoms with Crippen molar-refractivity contribution in [1.29, 1.82) is 0 Å². The van der Waals surface area contributed by atoms with E-state index < -0.39 is 0 Å². The first-order valence-electron chi connectivity index (χ1n) is 23.2. The van der Waals surface area contributed by atoms with E-state index >= 15 is 0 Å². The maximum atomic E-state index is 7.29. The first-order valence-corrected chi connectivity index (χ1v) is 23.2. The van der Waals surface area contributed by atoms with Gasteiger partial charge in [-0.15, -0.1) is 0 Å². The maximum absolute atomic E-state index is 7.29. The smallest absolute Gasteiger partial charge is 0.0641 e. The first-order chi connectivity index (χ1) is 24.2. The molecule has 276 valence electrons. The van der Waals surface area contributed by atoms with Gasteiger partial charge in [0.1, 0.15) is 0 Å². The molecule has 10 fully saturated rings. The zero-order chi connectivity index (χ0) is 32.3. The van der Waals surface area contributed by atoms with Gasteiger partial charge in [-0.05, 0) is 154 Å². The lowest BCUT2D eigenvalue weighted by Crippen LogP contribution is -2.73. The zero-order valence-corrected chi connectivity index (χ0v) is 31.4. The van der Waals surface area contributed by atoms with Crippen LogP contribution in [0.1, 0.15) is 173 Å². The van der Waals surface area contributed by atoms with E-state index in [9.17, 15) is 0 Å². The van der Waals surface area contributed by atoms with Crippen LogP contribution in [-0.2, 0) is 4.74 Å². The molecule has 3 N–H and O–H groups in total. The van der Waals surface area contributed by atoms with Gasteiger partial charge in [0.2, 0.25) is 0 Å². The van der Waals surface area contributed by atoms with Gasteiger partial charge >= 0.3 is 0 Å². The number of hydrogen-bond acceptors (Lipinski definition) is 4. The van der Waals surface area contributed by atoms with E-state index in [4.69, 9.17) is 4.74 Å². The van der Waals surface area contributed by atoms with E-state index in [0.717, 1.165) is 76.9 Å². The topological polar surface area (TPSA) is 45.3 Å². The summed E-state index contributed by atoms with van der Waals surface area (Å²) in [6.45, 7) is 0. The second-order valence-corrected chi connectivity index (χ2v) is 20.6. The van der Waals surface area contributed by atoms with Crippen LogP contribution in [0.4, 0.5) is 0 Å². The summed E-state index contributed by atoms with van der Waals surface area (Å²) in [4.78, 5) is 0. The van der Waals surface area contributed by atoms with E-state index in [1.54, 1.807) is 12.8 Å². The molecular weight excluding hydrogens is 599 g/mol. The quantitative estimate of drug-likeness (QED) is 0.278. The molecule has 10 rings (SSSR count). The number of rotatable bonds is 4. The van der Waals surface area contributed by atoms with Gasteiger partial charge in [0, 0.05) is 0 Å². The molecular formula is C45H75N3O. The Hall–Kier alpha value is -0.160. The third-order valence-electron chi connectivity index (χ3n) is 18.5. The lowest BCUT2D eigenvalue weighted by atomic mass is 9.54. The van der Waals surface area contributed by atoms with Crippen molar-refractivity contribution in [2.45, 2.75) is 204 Å². The summed E-state index contributed by atoms with van der Waals surface area (Å²) >= 11 is 0. The van der Waals surface area contributed by atoms with E-state index in [2.05, 4.69) is 16.0 Å². The molecule has 16 atom stereocenters. The van der Waals surface area contributed by atoms with Crippen LogP contribution in [0.2, 0.25) is 0 Å². The molecule has 0 amide bonds. The highest BCUT2D eigenvalue weighted by Crippen LogP contribution is 2.59. The first kappa shape index (κ1) is 33.4. The summed E-state index contributed by atoms with van der Waals surface area (Å²) in [5.41, 5.74) is 0. The average molecular weight is 674 g/mol. The van der Waals surface area contributed by atoms with Crippen molar-refractivity contribution < 1.29 is 4.74 Å². The molecule has 4 nitrogen and oxygen atoms in total. The zero-order valence-electron chi connectivity index (χ0n) is 31.4. The van der Waals surface area contributed by atoms with Crippen LogP contribution >= 0.6 is 0 Å². The molecule has 0 aromatic carbocycles. The fourth-order valence-corrected chi connectivity index (χ4v) is 16.1. The summed E-state index contributed by atoms with van der Waals surface area (Å²) in [5.74, 6) is 12.1. The number of fused-ring (bicyclic) bond motifs is 7. The lowest BCUT2D eigenvalue weighted by Gasteiger charge is -2.52. The summed E-state index contributed by atoms with van der Waals surface area (Å²) in [6.07, 6.45) is 42.9. The monoisotopic (exact) mass is 674 g/mol. The van der Waals surface area contributed by atoms with E-state index in [1.165, 1.54) is 161 Å². The van der Waals surface area contributed by atoms with Crippen molar-refractivity contribution in [2.75, 3.05) is 0 Å². The Kier molecular flexibility index (Phi) is 9.94. The second kappa shape index (κ2) is 14.6. The summed E-state index contributed by atoms with van der Waals surface area (Å²) in [6, 6.07) is 0.